The molecule has 2 heterocycles. The van der Waals surface area contributed by atoms with Crippen molar-refractivity contribution in [2.45, 2.75) is 26.3 Å². The van der Waals surface area contributed by atoms with E-state index in [0.717, 1.165) is 22.3 Å². The van der Waals surface area contributed by atoms with Crippen molar-refractivity contribution >= 4 is 22.7 Å². The maximum atomic E-state index is 14.7. The van der Waals surface area contributed by atoms with E-state index in [2.05, 4.69) is 36.6 Å². The van der Waals surface area contributed by atoms with Crippen LogP contribution in [0.15, 0.2) is 71.7 Å². The molecule has 5 rings (SSSR count). The summed E-state index contributed by atoms with van der Waals surface area (Å²) in [5, 5.41) is 0. The van der Waals surface area contributed by atoms with Gasteiger partial charge in [-0.1, -0.05) is 42.5 Å². The van der Waals surface area contributed by atoms with E-state index in [-0.39, 0.29) is 11.9 Å². The molecule has 138 valence electrons. The Balaban J connectivity index is 1.74. The van der Waals surface area contributed by atoms with Gasteiger partial charge in [0.15, 0.2) is 0 Å². The standard InChI is InChI=1S/C24H20FN3/c1-15-11-12-17(13-16(15)2)21-14-23(18-7-3-4-8-19(18)25)28-22-10-6-5-9-20(22)26-24(28)27-21/h3-13,23H,14H2,1-2H3. The summed E-state index contributed by atoms with van der Waals surface area (Å²) >= 11 is 0. The molecule has 0 N–H and O–H groups in total. The Labute approximate surface area is 163 Å². The first-order chi connectivity index (χ1) is 13.6. The van der Waals surface area contributed by atoms with Gasteiger partial charge in [-0.15, -0.1) is 0 Å². The van der Waals surface area contributed by atoms with E-state index < -0.39 is 0 Å². The van der Waals surface area contributed by atoms with E-state index in [9.17, 15) is 4.39 Å². The number of aromatic nitrogens is 2. The van der Waals surface area contributed by atoms with Crippen LogP contribution in [-0.4, -0.2) is 15.3 Å². The third-order valence-electron chi connectivity index (χ3n) is 5.61. The van der Waals surface area contributed by atoms with Crippen LogP contribution in [0.4, 0.5) is 10.3 Å². The molecule has 0 bridgehead atoms. The Bertz CT molecular complexity index is 1240. The molecule has 0 saturated heterocycles. The number of rotatable bonds is 2. The summed E-state index contributed by atoms with van der Waals surface area (Å²) in [6, 6.07) is 21.1. The van der Waals surface area contributed by atoms with Gasteiger partial charge in [-0.05, 0) is 54.8 Å². The Morgan fingerprint density at radius 2 is 1.71 bits per heavy atom. The molecule has 0 radical (unpaired) electrons. The summed E-state index contributed by atoms with van der Waals surface area (Å²) in [4.78, 5) is 9.60. The highest BCUT2D eigenvalue weighted by molar-refractivity contribution is 6.03. The zero-order valence-electron chi connectivity index (χ0n) is 15.9. The number of fused-ring (bicyclic) bond motifs is 3. The van der Waals surface area contributed by atoms with Crippen molar-refractivity contribution in [3.63, 3.8) is 0 Å². The summed E-state index contributed by atoms with van der Waals surface area (Å²) in [7, 11) is 0. The van der Waals surface area contributed by atoms with Crippen molar-refractivity contribution in [2.75, 3.05) is 0 Å². The molecule has 0 saturated carbocycles. The van der Waals surface area contributed by atoms with Crippen LogP contribution in [0, 0.1) is 19.7 Å². The summed E-state index contributed by atoms with van der Waals surface area (Å²) in [6.07, 6.45) is 0.622. The van der Waals surface area contributed by atoms with Crippen molar-refractivity contribution in [3.8, 4) is 0 Å². The SMILES string of the molecule is Cc1ccc(C2=Nc3nc4ccccc4n3C(c3ccccc3F)C2)cc1C. The maximum absolute atomic E-state index is 14.7. The Hall–Kier alpha value is -3.27. The summed E-state index contributed by atoms with van der Waals surface area (Å²) in [5.41, 5.74) is 7.02. The zero-order valence-corrected chi connectivity index (χ0v) is 15.9. The fourth-order valence-electron chi connectivity index (χ4n) is 3.96. The lowest BCUT2D eigenvalue weighted by Crippen LogP contribution is -2.21. The van der Waals surface area contributed by atoms with Crippen molar-refractivity contribution in [3.05, 3.63) is 94.8 Å². The molecule has 0 spiro atoms. The first-order valence-electron chi connectivity index (χ1n) is 9.48. The third-order valence-corrected chi connectivity index (χ3v) is 5.61. The van der Waals surface area contributed by atoms with E-state index in [1.165, 1.54) is 17.2 Å². The van der Waals surface area contributed by atoms with Crippen LogP contribution < -0.4 is 0 Å². The van der Waals surface area contributed by atoms with Gasteiger partial charge in [0.2, 0.25) is 5.95 Å². The number of benzene rings is 3. The third kappa shape index (κ3) is 2.64. The number of aryl methyl sites for hydroxylation is 2. The van der Waals surface area contributed by atoms with Crippen LogP contribution in [0.5, 0.6) is 0 Å². The molecular weight excluding hydrogens is 349 g/mol. The maximum Gasteiger partial charge on any atom is 0.231 e. The van der Waals surface area contributed by atoms with Crippen molar-refractivity contribution < 1.29 is 4.39 Å². The van der Waals surface area contributed by atoms with Crippen molar-refractivity contribution in [1.82, 2.24) is 9.55 Å². The normalized spacial score (nSPS) is 16.1. The van der Waals surface area contributed by atoms with Crippen molar-refractivity contribution in [2.24, 2.45) is 4.99 Å². The van der Waals surface area contributed by atoms with E-state index in [4.69, 9.17) is 9.98 Å². The lowest BCUT2D eigenvalue weighted by Gasteiger charge is -2.26. The van der Waals surface area contributed by atoms with E-state index >= 15 is 0 Å². The number of hydrogen-bond acceptors (Lipinski definition) is 2. The van der Waals surface area contributed by atoms with E-state index in [1.54, 1.807) is 6.07 Å². The fourth-order valence-corrected chi connectivity index (χ4v) is 3.96. The van der Waals surface area contributed by atoms with Gasteiger partial charge in [0.05, 0.1) is 22.8 Å². The van der Waals surface area contributed by atoms with Crippen LogP contribution in [0.3, 0.4) is 0 Å². The monoisotopic (exact) mass is 369 g/mol. The molecule has 1 atom stereocenters. The van der Waals surface area contributed by atoms with Crippen LogP contribution in [0.25, 0.3) is 11.0 Å². The molecule has 0 aliphatic carbocycles. The molecule has 1 aromatic heterocycles. The first-order valence-corrected chi connectivity index (χ1v) is 9.48. The van der Waals surface area contributed by atoms with Gasteiger partial charge in [-0.25, -0.2) is 14.4 Å². The molecule has 28 heavy (non-hydrogen) atoms. The topological polar surface area (TPSA) is 30.2 Å². The Morgan fingerprint density at radius 1 is 0.929 bits per heavy atom. The quantitative estimate of drug-likeness (QED) is 0.432. The van der Waals surface area contributed by atoms with Gasteiger partial charge in [-0.2, -0.15) is 0 Å². The smallest absolute Gasteiger partial charge is 0.231 e. The second kappa shape index (κ2) is 6.41. The van der Waals surface area contributed by atoms with E-state index in [0.29, 0.717) is 17.9 Å². The molecular formula is C24H20FN3. The molecule has 0 amide bonds. The highest BCUT2D eigenvalue weighted by Gasteiger charge is 2.29. The minimum absolute atomic E-state index is 0.183. The van der Waals surface area contributed by atoms with Crippen molar-refractivity contribution in [1.29, 1.82) is 0 Å². The van der Waals surface area contributed by atoms with Gasteiger partial charge in [0.25, 0.3) is 0 Å². The van der Waals surface area contributed by atoms with E-state index in [1.807, 2.05) is 36.4 Å². The van der Waals surface area contributed by atoms with Crippen LogP contribution in [0.2, 0.25) is 0 Å². The number of imidazole rings is 1. The lowest BCUT2D eigenvalue weighted by atomic mass is 9.93. The number of para-hydroxylation sites is 2. The average molecular weight is 369 g/mol. The largest absolute Gasteiger partial charge is 0.300 e. The Kier molecular flexibility index (Phi) is 3.86. The molecule has 4 heteroatoms. The van der Waals surface area contributed by atoms with Gasteiger partial charge >= 0.3 is 0 Å². The fraction of sp³-hybridized carbons (Fsp3) is 0.167. The summed E-state index contributed by atoms with van der Waals surface area (Å²) in [6.45, 7) is 4.20. The minimum Gasteiger partial charge on any atom is -0.300 e. The van der Waals surface area contributed by atoms with Gasteiger partial charge in [0, 0.05) is 12.0 Å². The number of hydrogen-bond donors (Lipinski definition) is 0. The number of halogens is 1. The zero-order chi connectivity index (χ0) is 19.3. The van der Waals surface area contributed by atoms with Crippen LogP contribution in [-0.2, 0) is 0 Å². The molecule has 1 aliphatic heterocycles. The average Bonchev–Trinajstić information content (AvgIpc) is 3.08. The Morgan fingerprint density at radius 3 is 2.54 bits per heavy atom. The molecule has 1 unspecified atom stereocenters. The highest BCUT2D eigenvalue weighted by Crippen LogP contribution is 2.38. The van der Waals surface area contributed by atoms with Crippen LogP contribution >= 0.6 is 0 Å². The minimum atomic E-state index is -0.197. The predicted molar refractivity (Wildman–Crippen MR) is 111 cm³/mol. The summed E-state index contributed by atoms with van der Waals surface area (Å²) in [5.74, 6) is 0.437. The summed E-state index contributed by atoms with van der Waals surface area (Å²) < 4.78 is 16.8. The number of nitrogens with zero attached hydrogens (tertiary/aromatic N) is 3. The van der Waals surface area contributed by atoms with Gasteiger partial charge in [0.1, 0.15) is 5.82 Å². The highest BCUT2D eigenvalue weighted by atomic mass is 19.1. The van der Waals surface area contributed by atoms with Gasteiger partial charge < -0.3 is 4.57 Å². The number of aliphatic imine (C=N–C) groups is 1. The molecule has 4 aromatic rings. The first kappa shape index (κ1) is 16.9. The predicted octanol–water partition coefficient (Wildman–Crippen LogP) is 5.91. The second-order valence-electron chi connectivity index (χ2n) is 7.37. The molecule has 3 aromatic carbocycles. The van der Waals surface area contributed by atoms with Crippen LogP contribution in [0.1, 0.15) is 34.7 Å². The molecule has 3 nitrogen and oxygen atoms in total. The molecule has 1 aliphatic rings. The van der Waals surface area contributed by atoms with Gasteiger partial charge in [-0.3, -0.25) is 0 Å². The molecule has 0 fully saturated rings. The second-order valence-corrected chi connectivity index (χ2v) is 7.37. The lowest BCUT2D eigenvalue weighted by molar-refractivity contribution is 0.545.